The van der Waals surface area contributed by atoms with Gasteiger partial charge in [-0.25, -0.2) is 0 Å². The maximum atomic E-state index is 14.2. The van der Waals surface area contributed by atoms with Gasteiger partial charge in [0, 0.05) is 18.8 Å². The highest BCUT2D eigenvalue weighted by Gasteiger charge is 2.36. The van der Waals surface area contributed by atoms with E-state index in [-0.39, 0.29) is 28.1 Å². The average molecular weight is 578 g/mol. The number of nitrogens with zero attached hydrogens (tertiary/aromatic N) is 2. The maximum absolute atomic E-state index is 14.2. The van der Waals surface area contributed by atoms with Gasteiger partial charge in [0.2, 0.25) is 5.91 Å². The van der Waals surface area contributed by atoms with Gasteiger partial charge >= 0.3 is 0 Å². The van der Waals surface area contributed by atoms with Crippen LogP contribution in [0.25, 0.3) is 0 Å². The monoisotopic (exact) mass is 577 g/mol. The Bertz CT molecular complexity index is 1380. The second-order valence-electron chi connectivity index (χ2n) is 10.6. The van der Waals surface area contributed by atoms with Gasteiger partial charge < -0.3 is 26.6 Å². The summed E-state index contributed by atoms with van der Waals surface area (Å²) in [5.74, 6) is -1.37. The molecule has 2 aliphatic rings. The van der Waals surface area contributed by atoms with Crippen LogP contribution < -0.4 is 21.7 Å². The van der Waals surface area contributed by atoms with E-state index in [0.29, 0.717) is 30.3 Å². The van der Waals surface area contributed by atoms with Gasteiger partial charge in [-0.15, -0.1) is 0 Å². The number of ether oxygens (including phenoxy) is 1. The van der Waals surface area contributed by atoms with Crippen LogP contribution in [-0.2, 0) is 9.53 Å². The number of hydrogen-bond acceptors (Lipinski definition) is 8. The van der Waals surface area contributed by atoms with E-state index in [0.717, 1.165) is 37.2 Å². The Morgan fingerprint density at radius 3 is 2.34 bits per heavy atom. The predicted molar refractivity (Wildman–Crippen MR) is 157 cm³/mol. The molecule has 1 aliphatic heterocycles. The van der Waals surface area contributed by atoms with E-state index < -0.39 is 23.8 Å². The van der Waals surface area contributed by atoms with Crippen molar-refractivity contribution in [1.29, 1.82) is 0 Å². The van der Waals surface area contributed by atoms with E-state index in [1.54, 1.807) is 12.1 Å². The standard InChI is InChI=1S/C30H35N5O5S/c31-24-25(28(32)37)34-41-27(24)30(39)35(21-12-8-19(9-13-21)18-5-2-1-3-6-18)26(20-10-14-22(36)15-11-20)29(38)33-17-23-7-4-16-40-23/h8-15,18,23,26,36H,1-7,16-17,31H2,(H2,32,37)(H,33,38)/t23-,26+/m0/s1. The zero-order valence-electron chi connectivity index (χ0n) is 22.8. The summed E-state index contributed by atoms with van der Waals surface area (Å²) in [6.45, 7) is 0.942. The molecule has 1 aromatic heterocycles. The van der Waals surface area contributed by atoms with Crippen molar-refractivity contribution in [2.24, 2.45) is 5.73 Å². The lowest BCUT2D eigenvalue weighted by molar-refractivity contribution is -0.123. The number of hydrogen-bond donors (Lipinski definition) is 4. The van der Waals surface area contributed by atoms with Crippen LogP contribution in [0.1, 0.15) is 88.2 Å². The number of benzene rings is 2. The second-order valence-corrected chi connectivity index (χ2v) is 11.4. The quantitative estimate of drug-likeness (QED) is 0.295. The van der Waals surface area contributed by atoms with E-state index >= 15 is 0 Å². The molecule has 1 saturated carbocycles. The molecule has 0 unspecified atom stereocenters. The molecule has 41 heavy (non-hydrogen) atoms. The van der Waals surface area contributed by atoms with Gasteiger partial charge in [0.05, 0.1) is 11.8 Å². The van der Waals surface area contributed by atoms with Crippen LogP contribution >= 0.6 is 11.5 Å². The fourth-order valence-electron chi connectivity index (χ4n) is 5.66. The average Bonchev–Trinajstić information content (AvgIpc) is 3.65. The van der Waals surface area contributed by atoms with Crippen LogP contribution in [0, 0.1) is 0 Å². The first-order chi connectivity index (χ1) is 19.8. The lowest BCUT2D eigenvalue weighted by Gasteiger charge is -2.32. The summed E-state index contributed by atoms with van der Waals surface area (Å²) in [5.41, 5.74) is 13.4. The molecule has 1 saturated heterocycles. The molecule has 1 aliphatic carbocycles. The topological polar surface area (TPSA) is 161 Å². The van der Waals surface area contributed by atoms with Crippen molar-refractivity contribution in [3.8, 4) is 5.75 Å². The summed E-state index contributed by atoms with van der Waals surface area (Å²) in [6.07, 6.45) is 7.53. The van der Waals surface area contributed by atoms with E-state index in [2.05, 4.69) is 9.69 Å². The number of nitrogens with one attached hydrogen (secondary N) is 1. The summed E-state index contributed by atoms with van der Waals surface area (Å²) < 4.78 is 9.69. The molecule has 3 amide bonds. The SMILES string of the molecule is NC(=O)c1nsc(C(=O)N(c2ccc(C3CCCCC3)cc2)[C@@H](C(=O)NC[C@@H]2CCCO2)c2ccc(O)cc2)c1N. The summed E-state index contributed by atoms with van der Waals surface area (Å²) in [6, 6.07) is 12.7. The number of carbonyl (C=O) groups excluding carboxylic acids is 3. The summed E-state index contributed by atoms with van der Waals surface area (Å²) >= 11 is 0.763. The first-order valence-corrected chi connectivity index (χ1v) is 14.8. The lowest BCUT2D eigenvalue weighted by Crippen LogP contribution is -2.45. The zero-order valence-corrected chi connectivity index (χ0v) is 23.6. The second kappa shape index (κ2) is 12.7. The first kappa shape index (κ1) is 28.6. The van der Waals surface area contributed by atoms with E-state index in [4.69, 9.17) is 16.2 Å². The number of aromatic nitrogens is 1. The van der Waals surface area contributed by atoms with Crippen LogP contribution in [0.15, 0.2) is 48.5 Å². The van der Waals surface area contributed by atoms with Crippen molar-refractivity contribution in [2.75, 3.05) is 23.8 Å². The first-order valence-electron chi connectivity index (χ1n) is 14.0. The third-order valence-electron chi connectivity index (χ3n) is 7.87. The minimum Gasteiger partial charge on any atom is -0.508 e. The third-order valence-corrected chi connectivity index (χ3v) is 8.72. The molecule has 5 rings (SSSR count). The Hall–Kier alpha value is -3.96. The Labute approximate surface area is 242 Å². The highest BCUT2D eigenvalue weighted by Crippen LogP contribution is 2.37. The van der Waals surface area contributed by atoms with Crippen molar-refractivity contribution in [2.45, 2.75) is 63.0 Å². The summed E-state index contributed by atoms with van der Waals surface area (Å²) in [5, 5.41) is 12.9. The molecule has 0 bridgehead atoms. The van der Waals surface area contributed by atoms with E-state index in [1.165, 1.54) is 41.9 Å². The maximum Gasteiger partial charge on any atom is 0.273 e. The molecule has 10 nitrogen and oxygen atoms in total. The normalized spacial score (nSPS) is 18.1. The Morgan fingerprint density at radius 1 is 1.02 bits per heavy atom. The summed E-state index contributed by atoms with van der Waals surface area (Å²) in [7, 11) is 0. The van der Waals surface area contributed by atoms with Gasteiger partial charge in [-0.05, 0) is 78.5 Å². The molecule has 2 atom stereocenters. The van der Waals surface area contributed by atoms with Crippen molar-refractivity contribution in [3.05, 3.63) is 70.2 Å². The smallest absolute Gasteiger partial charge is 0.273 e. The molecule has 3 aromatic rings. The molecule has 0 spiro atoms. The third kappa shape index (κ3) is 6.36. The molecule has 11 heteroatoms. The van der Waals surface area contributed by atoms with Crippen LogP contribution in [0.5, 0.6) is 5.75 Å². The Kier molecular flexibility index (Phi) is 8.84. The molecule has 216 valence electrons. The van der Waals surface area contributed by atoms with Gasteiger partial charge in [0.15, 0.2) is 5.69 Å². The van der Waals surface area contributed by atoms with Crippen LogP contribution in [-0.4, -0.2) is 46.5 Å². The lowest BCUT2D eigenvalue weighted by atomic mass is 9.84. The highest BCUT2D eigenvalue weighted by molar-refractivity contribution is 7.09. The van der Waals surface area contributed by atoms with E-state index in [9.17, 15) is 19.5 Å². The number of rotatable bonds is 9. The van der Waals surface area contributed by atoms with Gasteiger partial charge in [0.1, 0.15) is 16.7 Å². The predicted octanol–water partition coefficient (Wildman–Crippen LogP) is 4.26. The number of aromatic hydroxyl groups is 1. The van der Waals surface area contributed by atoms with Gasteiger partial charge in [0.25, 0.3) is 11.8 Å². The van der Waals surface area contributed by atoms with Gasteiger partial charge in [-0.2, -0.15) is 4.37 Å². The fraction of sp³-hybridized carbons (Fsp3) is 0.400. The number of primary amides is 1. The summed E-state index contributed by atoms with van der Waals surface area (Å²) in [4.78, 5) is 41.4. The van der Waals surface area contributed by atoms with Crippen molar-refractivity contribution in [3.63, 3.8) is 0 Å². The molecule has 2 aromatic carbocycles. The highest BCUT2D eigenvalue weighted by atomic mass is 32.1. The zero-order chi connectivity index (χ0) is 28.9. The van der Waals surface area contributed by atoms with Crippen molar-refractivity contribution >= 4 is 40.6 Å². The van der Waals surface area contributed by atoms with Gasteiger partial charge in [-0.3, -0.25) is 19.3 Å². The number of phenols is 1. The molecule has 2 fully saturated rings. The minimum absolute atomic E-state index is 0.00543. The molecule has 2 heterocycles. The minimum atomic E-state index is -1.12. The molecule has 6 N–H and O–H groups in total. The number of nitrogens with two attached hydrogens (primary N) is 2. The van der Waals surface area contributed by atoms with Gasteiger partial charge in [-0.1, -0.05) is 43.5 Å². The molecule has 0 radical (unpaired) electrons. The van der Waals surface area contributed by atoms with Crippen LogP contribution in [0.2, 0.25) is 0 Å². The van der Waals surface area contributed by atoms with Crippen molar-refractivity contribution < 1.29 is 24.2 Å². The van der Waals surface area contributed by atoms with Crippen LogP contribution in [0.4, 0.5) is 11.4 Å². The Balaban J connectivity index is 1.56. The van der Waals surface area contributed by atoms with Crippen LogP contribution in [0.3, 0.4) is 0 Å². The number of anilines is 2. The van der Waals surface area contributed by atoms with Crippen molar-refractivity contribution in [1.82, 2.24) is 9.69 Å². The molecular weight excluding hydrogens is 542 g/mol. The number of nitrogen functional groups attached to an aromatic ring is 1. The number of amides is 3. The molecular formula is C30H35N5O5S. The Morgan fingerprint density at radius 2 is 1.73 bits per heavy atom. The largest absolute Gasteiger partial charge is 0.508 e. The van der Waals surface area contributed by atoms with E-state index in [1.807, 2.05) is 24.3 Å². The number of carbonyl (C=O) groups is 3. The number of phenolic OH excluding ortho intramolecular Hbond substituents is 1. The fourth-order valence-corrected chi connectivity index (χ4v) is 6.40.